The molecule has 2 N–H and O–H groups in total. The third-order valence-electron chi connectivity index (χ3n) is 3.61. The lowest BCUT2D eigenvalue weighted by atomic mass is 9.96. The zero-order chi connectivity index (χ0) is 15.2. The van der Waals surface area contributed by atoms with Gasteiger partial charge in [-0.3, -0.25) is 4.79 Å². The highest BCUT2D eigenvalue weighted by atomic mass is 32.2. The SMILES string of the molecule is CCS(=O)(=O)N1CCC(C(=O)N(CCO)CCO)CC1. The molecule has 1 rings (SSSR count). The Kier molecular flexibility index (Phi) is 6.87. The van der Waals surface area contributed by atoms with Crippen LogP contribution in [0.15, 0.2) is 0 Å². The first-order valence-corrected chi connectivity index (χ1v) is 8.55. The predicted molar refractivity (Wildman–Crippen MR) is 74.5 cm³/mol. The van der Waals surface area contributed by atoms with Gasteiger partial charge in [-0.25, -0.2) is 12.7 Å². The smallest absolute Gasteiger partial charge is 0.225 e. The van der Waals surface area contributed by atoms with E-state index in [2.05, 4.69) is 0 Å². The van der Waals surface area contributed by atoms with Gasteiger partial charge < -0.3 is 15.1 Å². The van der Waals surface area contributed by atoms with Crippen LogP contribution in [0.1, 0.15) is 19.8 Å². The molecule has 1 aliphatic rings. The molecule has 0 aromatic rings. The summed E-state index contributed by atoms with van der Waals surface area (Å²) in [7, 11) is -3.18. The summed E-state index contributed by atoms with van der Waals surface area (Å²) >= 11 is 0. The molecular formula is C12H24N2O5S. The van der Waals surface area contributed by atoms with Crippen LogP contribution in [0.4, 0.5) is 0 Å². The fourth-order valence-electron chi connectivity index (χ4n) is 2.40. The van der Waals surface area contributed by atoms with Crippen LogP contribution in [-0.2, 0) is 14.8 Å². The van der Waals surface area contributed by atoms with Crippen molar-refractivity contribution in [2.75, 3.05) is 45.1 Å². The van der Waals surface area contributed by atoms with E-state index < -0.39 is 10.0 Å². The van der Waals surface area contributed by atoms with E-state index in [-0.39, 0.29) is 43.9 Å². The first-order valence-electron chi connectivity index (χ1n) is 6.94. The molecule has 0 bridgehead atoms. The Morgan fingerprint density at radius 3 is 2.10 bits per heavy atom. The summed E-state index contributed by atoms with van der Waals surface area (Å²) < 4.78 is 24.9. The molecule has 0 aromatic carbocycles. The Bertz CT molecular complexity index is 398. The van der Waals surface area contributed by atoms with Crippen LogP contribution >= 0.6 is 0 Å². The fourth-order valence-corrected chi connectivity index (χ4v) is 3.53. The maximum absolute atomic E-state index is 12.2. The summed E-state index contributed by atoms with van der Waals surface area (Å²) in [5.74, 6) is -0.259. The number of carbonyl (C=O) groups excluding carboxylic acids is 1. The number of hydrogen-bond acceptors (Lipinski definition) is 5. The van der Waals surface area contributed by atoms with Gasteiger partial charge in [-0.1, -0.05) is 0 Å². The van der Waals surface area contributed by atoms with Gasteiger partial charge in [0.15, 0.2) is 0 Å². The van der Waals surface area contributed by atoms with Crippen molar-refractivity contribution in [3.05, 3.63) is 0 Å². The van der Waals surface area contributed by atoms with Crippen molar-refractivity contribution in [2.24, 2.45) is 5.92 Å². The van der Waals surface area contributed by atoms with Crippen molar-refractivity contribution in [3.8, 4) is 0 Å². The zero-order valence-corrected chi connectivity index (χ0v) is 12.7. The Hall–Kier alpha value is -0.700. The number of aliphatic hydroxyl groups is 2. The molecule has 1 fully saturated rings. The van der Waals surface area contributed by atoms with Gasteiger partial charge in [0, 0.05) is 32.1 Å². The van der Waals surface area contributed by atoms with Crippen molar-refractivity contribution in [2.45, 2.75) is 19.8 Å². The maximum Gasteiger partial charge on any atom is 0.225 e. The molecule has 7 nitrogen and oxygen atoms in total. The molecule has 0 radical (unpaired) electrons. The number of sulfonamides is 1. The van der Waals surface area contributed by atoms with Crippen LogP contribution in [0.5, 0.6) is 0 Å². The van der Waals surface area contributed by atoms with E-state index >= 15 is 0 Å². The van der Waals surface area contributed by atoms with Gasteiger partial charge in [-0.05, 0) is 19.8 Å². The Morgan fingerprint density at radius 2 is 1.70 bits per heavy atom. The maximum atomic E-state index is 12.2. The van der Waals surface area contributed by atoms with E-state index in [9.17, 15) is 13.2 Å². The molecular weight excluding hydrogens is 284 g/mol. The van der Waals surface area contributed by atoms with Gasteiger partial charge in [0.2, 0.25) is 15.9 Å². The highest BCUT2D eigenvalue weighted by Crippen LogP contribution is 2.21. The van der Waals surface area contributed by atoms with E-state index in [1.54, 1.807) is 6.92 Å². The monoisotopic (exact) mass is 308 g/mol. The van der Waals surface area contributed by atoms with Gasteiger partial charge in [0.1, 0.15) is 0 Å². The van der Waals surface area contributed by atoms with Gasteiger partial charge in [0.05, 0.1) is 19.0 Å². The molecule has 1 aliphatic heterocycles. The van der Waals surface area contributed by atoms with E-state index in [1.807, 2.05) is 0 Å². The zero-order valence-electron chi connectivity index (χ0n) is 11.9. The number of amides is 1. The first-order chi connectivity index (χ1) is 9.46. The van der Waals surface area contributed by atoms with Gasteiger partial charge in [-0.15, -0.1) is 0 Å². The molecule has 0 saturated carbocycles. The first kappa shape index (κ1) is 17.4. The molecule has 118 valence electrons. The molecule has 1 amide bonds. The molecule has 20 heavy (non-hydrogen) atoms. The summed E-state index contributed by atoms with van der Waals surface area (Å²) in [5.41, 5.74) is 0. The minimum absolute atomic E-state index is 0.0762. The van der Waals surface area contributed by atoms with Gasteiger partial charge in [0.25, 0.3) is 0 Å². The normalized spacial score (nSPS) is 18.1. The second kappa shape index (κ2) is 7.92. The van der Waals surface area contributed by atoms with E-state index in [0.717, 1.165) is 0 Å². The van der Waals surface area contributed by atoms with Crippen molar-refractivity contribution in [1.82, 2.24) is 9.21 Å². The quantitative estimate of drug-likeness (QED) is 0.619. The number of rotatable bonds is 7. The summed E-state index contributed by atoms with van der Waals surface area (Å²) in [6.45, 7) is 2.44. The molecule has 0 atom stereocenters. The van der Waals surface area contributed by atoms with Crippen LogP contribution in [-0.4, -0.2) is 78.9 Å². The van der Waals surface area contributed by atoms with Gasteiger partial charge in [-0.2, -0.15) is 0 Å². The standard InChI is InChI=1S/C12H24N2O5S/c1-2-20(18,19)14-5-3-11(4-6-14)12(17)13(7-9-15)8-10-16/h11,15-16H,2-10H2,1H3. The lowest BCUT2D eigenvalue weighted by molar-refractivity contribution is -0.137. The van der Waals surface area contributed by atoms with Gasteiger partial charge >= 0.3 is 0 Å². The number of aliphatic hydroxyl groups excluding tert-OH is 2. The number of carbonyl (C=O) groups is 1. The molecule has 1 heterocycles. The third-order valence-corrected chi connectivity index (χ3v) is 5.49. The summed E-state index contributed by atoms with van der Waals surface area (Å²) in [5, 5.41) is 17.9. The molecule has 0 unspecified atom stereocenters. The minimum atomic E-state index is -3.18. The Balaban J connectivity index is 2.57. The Labute approximate surface area is 120 Å². The second-order valence-corrected chi connectivity index (χ2v) is 7.10. The predicted octanol–water partition coefficient (Wildman–Crippen LogP) is -1.14. The summed E-state index contributed by atoms with van der Waals surface area (Å²) in [4.78, 5) is 13.7. The Morgan fingerprint density at radius 1 is 1.20 bits per heavy atom. The van der Waals surface area contributed by atoms with Crippen molar-refractivity contribution in [1.29, 1.82) is 0 Å². The van der Waals surface area contributed by atoms with E-state index in [4.69, 9.17) is 10.2 Å². The lowest BCUT2D eigenvalue weighted by Gasteiger charge is -2.33. The summed E-state index contributed by atoms with van der Waals surface area (Å²) in [6, 6.07) is 0. The average molecular weight is 308 g/mol. The number of hydrogen-bond donors (Lipinski definition) is 2. The third kappa shape index (κ3) is 4.41. The van der Waals surface area contributed by atoms with E-state index in [1.165, 1.54) is 9.21 Å². The summed E-state index contributed by atoms with van der Waals surface area (Å²) in [6.07, 6.45) is 0.983. The lowest BCUT2D eigenvalue weighted by Crippen LogP contribution is -2.46. The van der Waals surface area contributed by atoms with Crippen molar-refractivity contribution < 1.29 is 23.4 Å². The van der Waals surface area contributed by atoms with Crippen LogP contribution in [0.2, 0.25) is 0 Å². The molecule has 1 saturated heterocycles. The van der Waals surface area contributed by atoms with Crippen LogP contribution < -0.4 is 0 Å². The number of piperidine rings is 1. The van der Waals surface area contributed by atoms with E-state index in [0.29, 0.717) is 25.9 Å². The molecule has 0 spiro atoms. The largest absolute Gasteiger partial charge is 0.395 e. The highest BCUT2D eigenvalue weighted by molar-refractivity contribution is 7.89. The average Bonchev–Trinajstić information content (AvgIpc) is 2.46. The molecule has 8 heteroatoms. The fraction of sp³-hybridized carbons (Fsp3) is 0.917. The number of nitrogens with zero attached hydrogens (tertiary/aromatic N) is 2. The molecule has 0 aliphatic carbocycles. The van der Waals surface area contributed by atoms with Crippen LogP contribution in [0.25, 0.3) is 0 Å². The minimum Gasteiger partial charge on any atom is -0.395 e. The van der Waals surface area contributed by atoms with Crippen molar-refractivity contribution in [3.63, 3.8) is 0 Å². The van der Waals surface area contributed by atoms with Crippen LogP contribution in [0.3, 0.4) is 0 Å². The highest BCUT2D eigenvalue weighted by Gasteiger charge is 2.32. The van der Waals surface area contributed by atoms with Crippen LogP contribution in [0, 0.1) is 5.92 Å². The topological polar surface area (TPSA) is 98.2 Å². The van der Waals surface area contributed by atoms with Crippen molar-refractivity contribution >= 4 is 15.9 Å². The second-order valence-electron chi connectivity index (χ2n) is 4.85. The molecule has 0 aromatic heterocycles.